The highest BCUT2D eigenvalue weighted by atomic mass is 16.5. The Bertz CT molecular complexity index is 418. The molecular formula is C17H24O3. The summed E-state index contributed by atoms with van der Waals surface area (Å²) in [6, 6.07) is 7.97. The average Bonchev–Trinajstić information content (AvgIpc) is 2.47. The lowest BCUT2D eigenvalue weighted by Gasteiger charge is -2.06. The van der Waals surface area contributed by atoms with Crippen LogP contribution in [0.1, 0.15) is 37.3 Å². The minimum absolute atomic E-state index is 0.105. The molecule has 3 nitrogen and oxygen atoms in total. The van der Waals surface area contributed by atoms with Crippen molar-refractivity contribution in [3.8, 4) is 11.8 Å². The molecule has 0 spiro atoms. The van der Waals surface area contributed by atoms with Crippen molar-refractivity contribution in [3.63, 3.8) is 0 Å². The first-order chi connectivity index (χ1) is 9.86. The molecule has 0 fully saturated rings. The highest BCUT2D eigenvalue weighted by molar-refractivity contribution is 5.36. The summed E-state index contributed by atoms with van der Waals surface area (Å²) in [6.07, 6.45) is 2.77. The molecule has 110 valence electrons. The molecular weight excluding hydrogens is 252 g/mol. The summed E-state index contributed by atoms with van der Waals surface area (Å²) in [5, 5.41) is 8.69. The Hall–Kier alpha value is -1.34. The van der Waals surface area contributed by atoms with Crippen LogP contribution in [-0.4, -0.2) is 31.5 Å². The first-order valence-corrected chi connectivity index (χ1v) is 7.21. The summed E-state index contributed by atoms with van der Waals surface area (Å²) in [4.78, 5) is 0. The van der Waals surface area contributed by atoms with Gasteiger partial charge in [0.25, 0.3) is 0 Å². The molecule has 0 radical (unpaired) electrons. The predicted molar refractivity (Wildman–Crippen MR) is 80.4 cm³/mol. The fourth-order valence-electron chi connectivity index (χ4n) is 1.62. The number of hydrogen-bond acceptors (Lipinski definition) is 3. The van der Waals surface area contributed by atoms with Crippen LogP contribution in [-0.2, 0) is 16.1 Å². The average molecular weight is 276 g/mol. The third-order valence-electron chi connectivity index (χ3n) is 2.68. The molecule has 0 unspecified atom stereocenters. The lowest BCUT2D eigenvalue weighted by molar-refractivity contribution is 0.0397. The zero-order chi connectivity index (χ0) is 14.5. The van der Waals surface area contributed by atoms with Gasteiger partial charge in [-0.1, -0.05) is 37.3 Å². The highest BCUT2D eigenvalue weighted by Crippen LogP contribution is 2.05. The standard InChI is InChI=1S/C17H24O3/c1-2-3-11-19-12-13-20-15-17-9-6-8-16(14-17)7-4-5-10-18/h6,8-9,14,18H,2-3,5,10-13,15H2,1H3. The summed E-state index contributed by atoms with van der Waals surface area (Å²) < 4.78 is 11.0. The van der Waals surface area contributed by atoms with E-state index in [0.29, 0.717) is 26.2 Å². The van der Waals surface area contributed by atoms with Gasteiger partial charge in [-0.05, 0) is 24.1 Å². The Morgan fingerprint density at radius 1 is 1.15 bits per heavy atom. The van der Waals surface area contributed by atoms with Crippen molar-refractivity contribution in [2.75, 3.05) is 26.4 Å². The maximum Gasteiger partial charge on any atom is 0.0718 e. The van der Waals surface area contributed by atoms with Gasteiger partial charge >= 0.3 is 0 Å². The monoisotopic (exact) mass is 276 g/mol. The summed E-state index contributed by atoms with van der Waals surface area (Å²) in [5.74, 6) is 5.93. The van der Waals surface area contributed by atoms with Gasteiger partial charge in [0.1, 0.15) is 0 Å². The maximum absolute atomic E-state index is 8.69. The van der Waals surface area contributed by atoms with E-state index >= 15 is 0 Å². The van der Waals surface area contributed by atoms with Gasteiger partial charge in [-0.2, -0.15) is 0 Å². The third-order valence-corrected chi connectivity index (χ3v) is 2.68. The molecule has 0 heterocycles. The van der Waals surface area contributed by atoms with E-state index in [1.807, 2.05) is 24.3 Å². The van der Waals surface area contributed by atoms with Crippen LogP contribution >= 0.6 is 0 Å². The number of unbranched alkanes of at least 4 members (excludes halogenated alkanes) is 1. The van der Waals surface area contributed by atoms with Crippen molar-refractivity contribution < 1.29 is 14.6 Å². The molecule has 1 aromatic carbocycles. The Labute approximate surface area is 121 Å². The van der Waals surface area contributed by atoms with E-state index in [0.717, 1.165) is 30.6 Å². The molecule has 1 aromatic rings. The quantitative estimate of drug-likeness (QED) is 0.557. The van der Waals surface area contributed by atoms with Crippen molar-refractivity contribution >= 4 is 0 Å². The van der Waals surface area contributed by atoms with Gasteiger partial charge in [-0.25, -0.2) is 0 Å². The molecule has 3 heteroatoms. The zero-order valence-corrected chi connectivity index (χ0v) is 12.2. The van der Waals surface area contributed by atoms with Crippen LogP contribution < -0.4 is 0 Å². The third kappa shape index (κ3) is 7.96. The lowest BCUT2D eigenvalue weighted by atomic mass is 10.1. The van der Waals surface area contributed by atoms with E-state index in [1.54, 1.807) is 0 Å². The van der Waals surface area contributed by atoms with E-state index < -0.39 is 0 Å². The van der Waals surface area contributed by atoms with Crippen LogP contribution in [0.5, 0.6) is 0 Å². The van der Waals surface area contributed by atoms with Gasteiger partial charge in [0.2, 0.25) is 0 Å². The maximum atomic E-state index is 8.69. The SMILES string of the molecule is CCCCOCCOCc1cccc(C#CCCO)c1. The molecule has 0 aliphatic rings. The van der Waals surface area contributed by atoms with Gasteiger partial charge < -0.3 is 14.6 Å². The number of aliphatic hydroxyl groups is 1. The molecule has 0 atom stereocenters. The van der Waals surface area contributed by atoms with Crippen LogP contribution in [0, 0.1) is 11.8 Å². The molecule has 0 saturated heterocycles. The smallest absolute Gasteiger partial charge is 0.0718 e. The van der Waals surface area contributed by atoms with Crippen molar-refractivity contribution in [2.45, 2.75) is 32.8 Å². The van der Waals surface area contributed by atoms with Crippen molar-refractivity contribution in [3.05, 3.63) is 35.4 Å². The number of rotatable bonds is 9. The second-order valence-corrected chi connectivity index (χ2v) is 4.49. The van der Waals surface area contributed by atoms with E-state index in [9.17, 15) is 0 Å². The fraction of sp³-hybridized carbons (Fsp3) is 0.529. The molecule has 0 bridgehead atoms. The van der Waals surface area contributed by atoms with Gasteiger partial charge in [0.15, 0.2) is 0 Å². The van der Waals surface area contributed by atoms with Crippen LogP contribution in [0.15, 0.2) is 24.3 Å². The number of benzene rings is 1. The van der Waals surface area contributed by atoms with Crippen molar-refractivity contribution in [2.24, 2.45) is 0 Å². The first-order valence-electron chi connectivity index (χ1n) is 7.21. The molecule has 0 saturated carbocycles. The predicted octanol–water partition coefficient (Wildman–Crippen LogP) is 2.75. The van der Waals surface area contributed by atoms with Gasteiger partial charge in [0, 0.05) is 18.6 Å². The Kier molecular flexibility index (Phi) is 9.60. The fourth-order valence-corrected chi connectivity index (χ4v) is 1.62. The summed E-state index contributed by atoms with van der Waals surface area (Å²) in [6.45, 7) is 4.91. The Balaban J connectivity index is 2.23. The number of hydrogen-bond donors (Lipinski definition) is 1. The molecule has 0 aliphatic heterocycles. The summed E-state index contributed by atoms with van der Waals surface area (Å²) in [5.41, 5.74) is 2.06. The molecule has 1 rings (SSSR count). The van der Waals surface area contributed by atoms with E-state index in [4.69, 9.17) is 14.6 Å². The van der Waals surface area contributed by atoms with Crippen LogP contribution in [0.3, 0.4) is 0 Å². The lowest BCUT2D eigenvalue weighted by Crippen LogP contribution is -2.05. The van der Waals surface area contributed by atoms with Gasteiger partial charge in [-0.15, -0.1) is 0 Å². The van der Waals surface area contributed by atoms with Crippen molar-refractivity contribution in [1.29, 1.82) is 0 Å². The molecule has 1 N–H and O–H groups in total. The molecule has 0 amide bonds. The first kappa shape index (κ1) is 16.7. The second kappa shape index (κ2) is 11.5. The van der Waals surface area contributed by atoms with E-state index in [-0.39, 0.29) is 6.61 Å². The Morgan fingerprint density at radius 3 is 2.80 bits per heavy atom. The zero-order valence-electron chi connectivity index (χ0n) is 12.2. The minimum Gasteiger partial charge on any atom is -0.395 e. The Morgan fingerprint density at radius 2 is 2.00 bits per heavy atom. The van der Waals surface area contributed by atoms with Gasteiger partial charge in [0.05, 0.1) is 26.4 Å². The summed E-state index contributed by atoms with van der Waals surface area (Å²) >= 11 is 0. The molecule has 20 heavy (non-hydrogen) atoms. The number of ether oxygens (including phenoxy) is 2. The van der Waals surface area contributed by atoms with Crippen LogP contribution in [0.4, 0.5) is 0 Å². The largest absolute Gasteiger partial charge is 0.395 e. The van der Waals surface area contributed by atoms with Crippen LogP contribution in [0.2, 0.25) is 0 Å². The normalized spacial score (nSPS) is 10.1. The van der Waals surface area contributed by atoms with Gasteiger partial charge in [-0.3, -0.25) is 0 Å². The highest BCUT2D eigenvalue weighted by Gasteiger charge is 1.95. The summed E-state index contributed by atoms with van der Waals surface area (Å²) in [7, 11) is 0. The molecule has 0 aromatic heterocycles. The van der Waals surface area contributed by atoms with Crippen LogP contribution in [0.25, 0.3) is 0 Å². The second-order valence-electron chi connectivity index (χ2n) is 4.49. The number of aliphatic hydroxyl groups excluding tert-OH is 1. The van der Waals surface area contributed by atoms with Crippen molar-refractivity contribution in [1.82, 2.24) is 0 Å². The van der Waals surface area contributed by atoms with E-state index in [2.05, 4.69) is 18.8 Å². The minimum atomic E-state index is 0.105. The topological polar surface area (TPSA) is 38.7 Å². The van der Waals surface area contributed by atoms with E-state index in [1.165, 1.54) is 0 Å². The molecule has 0 aliphatic carbocycles.